The molecule has 9 nitrogen and oxygen atoms in total. The van der Waals surface area contributed by atoms with E-state index in [9.17, 15) is 21.6 Å². The molecule has 1 N–H and O–H groups in total. The lowest BCUT2D eigenvalue weighted by atomic mass is 10.4. The minimum Gasteiger partial charge on any atom is -0.457 e. The second kappa shape index (κ2) is 8.80. The van der Waals surface area contributed by atoms with Gasteiger partial charge in [-0.05, 0) is 30.3 Å². The standard InChI is InChI=1S/C15H16Cl2N2O7S2/c1-19(2)28(23,24)15-6-3-10(26-15)9-25-14(20)8-18-27(21,22)11-4-5-12(16)13(17)7-11/h3-7,18H,8-9H2,1-2H3. The molecule has 2 rings (SSSR count). The van der Waals surface area contributed by atoms with E-state index in [1.54, 1.807) is 0 Å². The topological polar surface area (TPSA) is 123 Å². The van der Waals surface area contributed by atoms with Gasteiger partial charge in [0.15, 0.2) is 0 Å². The van der Waals surface area contributed by atoms with Gasteiger partial charge in [0.1, 0.15) is 18.9 Å². The molecule has 0 saturated carbocycles. The molecule has 1 aromatic heterocycles. The summed E-state index contributed by atoms with van der Waals surface area (Å²) >= 11 is 11.5. The van der Waals surface area contributed by atoms with Gasteiger partial charge >= 0.3 is 5.97 Å². The highest BCUT2D eigenvalue weighted by molar-refractivity contribution is 7.89. The number of halogens is 2. The number of sulfonamides is 2. The lowest BCUT2D eigenvalue weighted by Gasteiger charge is -2.08. The Morgan fingerprint density at radius 3 is 2.39 bits per heavy atom. The maximum absolute atomic E-state index is 12.1. The molecule has 0 aliphatic heterocycles. The molecule has 2 aromatic rings. The first kappa shape index (κ1) is 22.7. The Bertz CT molecular complexity index is 1080. The van der Waals surface area contributed by atoms with Crippen molar-refractivity contribution in [2.24, 2.45) is 0 Å². The van der Waals surface area contributed by atoms with Crippen LogP contribution in [0.2, 0.25) is 10.0 Å². The average molecular weight is 471 g/mol. The van der Waals surface area contributed by atoms with Gasteiger partial charge in [-0.25, -0.2) is 21.1 Å². The molecular weight excluding hydrogens is 455 g/mol. The van der Waals surface area contributed by atoms with Crippen molar-refractivity contribution in [1.29, 1.82) is 0 Å². The molecule has 0 fully saturated rings. The van der Waals surface area contributed by atoms with E-state index in [0.717, 1.165) is 10.4 Å². The summed E-state index contributed by atoms with van der Waals surface area (Å²) in [6.07, 6.45) is 0. The number of carbonyl (C=O) groups excluding carboxylic acids is 1. The molecular formula is C15H16Cl2N2O7S2. The number of rotatable bonds is 8. The van der Waals surface area contributed by atoms with Crippen molar-refractivity contribution in [2.45, 2.75) is 16.6 Å². The maximum atomic E-state index is 12.1. The third-order valence-corrected chi connectivity index (χ3v) is 7.18. The zero-order valence-electron chi connectivity index (χ0n) is 14.7. The van der Waals surface area contributed by atoms with E-state index < -0.39 is 32.6 Å². The molecule has 0 bridgehead atoms. The van der Waals surface area contributed by atoms with Crippen molar-refractivity contribution >= 4 is 49.2 Å². The van der Waals surface area contributed by atoms with Crippen LogP contribution in [-0.4, -0.2) is 47.8 Å². The highest BCUT2D eigenvalue weighted by Gasteiger charge is 2.22. The second-order valence-electron chi connectivity index (χ2n) is 5.57. The number of carbonyl (C=O) groups is 1. The van der Waals surface area contributed by atoms with Gasteiger partial charge in [-0.2, -0.15) is 4.72 Å². The summed E-state index contributed by atoms with van der Waals surface area (Å²) in [5, 5.41) is -0.0635. The smallest absolute Gasteiger partial charge is 0.321 e. The molecule has 0 aliphatic carbocycles. The van der Waals surface area contributed by atoms with E-state index in [-0.39, 0.29) is 32.4 Å². The van der Waals surface area contributed by atoms with E-state index in [4.69, 9.17) is 32.4 Å². The molecule has 0 amide bonds. The SMILES string of the molecule is CN(C)S(=O)(=O)c1ccc(COC(=O)CNS(=O)(=O)c2ccc(Cl)c(Cl)c2)o1. The van der Waals surface area contributed by atoms with E-state index in [0.29, 0.717) is 0 Å². The summed E-state index contributed by atoms with van der Waals surface area (Å²) < 4.78 is 61.1. The quantitative estimate of drug-likeness (QED) is 0.583. The fourth-order valence-corrected chi connectivity index (χ4v) is 4.01. The van der Waals surface area contributed by atoms with Gasteiger partial charge in [-0.3, -0.25) is 4.79 Å². The molecule has 13 heteroatoms. The summed E-state index contributed by atoms with van der Waals surface area (Å²) in [5.41, 5.74) is 0. The largest absolute Gasteiger partial charge is 0.457 e. The van der Waals surface area contributed by atoms with Crippen LogP contribution in [0.1, 0.15) is 5.76 Å². The fraction of sp³-hybridized carbons (Fsp3) is 0.267. The summed E-state index contributed by atoms with van der Waals surface area (Å²) in [7, 11) is -5.06. The van der Waals surface area contributed by atoms with Crippen LogP contribution >= 0.6 is 23.2 Å². The van der Waals surface area contributed by atoms with Gasteiger partial charge in [-0.15, -0.1) is 0 Å². The van der Waals surface area contributed by atoms with Crippen molar-refractivity contribution in [1.82, 2.24) is 9.03 Å². The Hall–Kier alpha value is -1.63. The monoisotopic (exact) mass is 470 g/mol. The number of hydrogen-bond donors (Lipinski definition) is 1. The van der Waals surface area contributed by atoms with E-state index in [2.05, 4.69) is 4.72 Å². The number of benzene rings is 1. The molecule has 0 unspecified atom stereocenters. The molecule has 0 saturated heterocycles. The van der Waals surface area contributed by atoms with Crippen LogP contribution in [-0.2, 0) is 36.2 Å². The number of furan rings is 1. The van der Waals surface area contributed by atoms with Crippen LogP contribution in [0, 0.1) is 0 Å². The second-order valence-corrected chi connectivity index (χ2v) is 10.2. The van der Waals surface area contributed by atoms with Crippen molar-refractivity contribution in [3.05, 3.63) is 46.1 Å². The van der Waals surface area contributed by atoms with Crippen molar-refractivity contribution < 1.29 is 30.8 Å². The predicted molar refractivity (Wildman–Crippen MR) is 101 cm³/mol. The normalized spacial score (nSPS) is 12.3. The van der Waals surface area contributed by atoms with Crippen LogP contribution in [0.3, 0.4) is 0 Å². The third kappa shape index (κ3) is 5.46. The number of nitrogens with zero attached hydrogens (tertiary/aromatic N) is 1. The van der Waals surface area contributed by atoms with Gasteiger partial charge in [0.25, 0.3) is 10.0 Å². The molecule has 0 spiro atoms. The number of nitrogens with one attached hydrogen (secondary N) is 1. The highest BCUT2D eigenvalue weighted by Crippen LogP contribution is 2.24. The number of ether oxygens (including phenoxy) is 1. The van der Waals surface area contributed by atoms with E-state index in [1.807, 2.05) is 0 Å². The van der Waals surface area contributed by atoms with Crippen molar-refractivity contribution in [2.75, 3.05) is 20.6 Å². The van der Waals surface area contributed by atoms with Crippen LogP contribution < -0.4 is 4.72 Å². The molecule has 0 atom stereocenters. The molecule has 0 aliphatic rings. The van der Waals surface area contributed by atoms with Gasteiger partial charge in [0.05, 0.1) is 14.9 Å². The first-order chi connectivity index (χ1) is 12.9. The maximum Gasteiger partial charge on any atom is 0.321 e. The Morgan fingerprint density at radius 2 is 1.79 bits per heavy atom. The Morgan fingerprint density at radius 1 is 1.11 bits per heavy atom. The van der Waals surface area contributed by atoms with Crippen LogP contribution in [0.25, 0.3) is 0 Å². The lowest BCUT2D eigenvalue weighted by Crippen LogP contribution is -2.30. The van der Waals surface area contributed by atoms with Gasteiger partial charge in [-0.1, -0.05) is 23.2 Å². The van der Waals surface area contributed by atoms with Crippen LogP contribution in [0.4, 0.5) is 0 Å². The van der Waals surface area contributed by atoms with Gasteiger partial charge in [0, 0.05) is 14.1 Å². The Kier molecular flexibility index (Phi) is 7.12. The van der Waals surface area contributed by atoms with Gasteiger partial charge in [0.2, 0.25) is 15.1 Å². The minimum absolute atomic E-state index is 0.0495. The molecule has 1 heterocycles. The molecule has 154 valence electrons. The van der Waals surface area contributed by atoms with E-state index >= 15 is 0 Å². The van der Waals surface area contributed by atoms with E-state index in [1.165, 1.54) is 38.4 Å². The van der Waals surface area contributed by atoms with Crippen molar-refractivity contribution in [3.8, 4) is 0 Å². The van der Waals surface area contributed by atoms with Crippen LogP contribution in [0.5, 0.6) is 0 Å². The highest BCUT2D eigenvalue weighted by atomic mass is 35.5. The predicted octanol–water partition coefficient (Wildman–Crippen LogP) is 1.86. The van der Waals surface area contributed by atoms with Crippen molar-refractivity contribution in [3.63, 3.8) is 0 Å². The van der Waals surface area contributed by atoms with Crippen LogP contribution in [0.15, 0.2) is 44.7 Å². The molecule has 1 aromatic carbocycles. The summed E-state index contributed by atoms with van der Waals surface area (Å²) in [6, 6.07) is 6.26. The zero-order valence-corrected chi connectivity index (χ0v) is 17.8. The summed E-state index contributed by atoms with van der Waals surface area (Å²) in [6.45, 7) is -1.01. The molecule has 0 radical (unpaired) electrons. The fourth-order valence-electron chi connectivity index (χ4n) is 1.84. The lowest BCUT2D eigenvalue weighted by molar-refractivity contribution is -0.144. The third-order valence-electron chi connectivity index (χ3n) is 3.36. The first-order valence-electron chi connectivity index (χ1n) is 7.55. The minimum atomic E-state index is -4.00. The number of esters is 1. The van der Waals surface area contributed by atoms with Gasteiger partial charge < -0.3 is 9.15 Å². The number of hydrogen-bond acceptors (Lipinski definition) is 7. The zero-order chi connectivity index (χ0) is 21.1. The molecule has 28 heavy (non-hydrogen) atoms. The Balaban J connectivity index is 1.93. The summed E-state index contributed by atoms with van der Waals surface area (Å²) in [5.74, 6) is -0.807. The average Bonchev–Trinajstić information content (AvgIpc) is 3.10. The summed E-state index contributed by atoms with van der Waals surface area (Å²) in [4.78, 5) is 11.6. The Labute approximate surface area is 172 Å². The first-order valence-corrected chi connectivity index (χ1v) is 11.2.